The third-order valence-electron chi connectivity index (χ3n) is 5.90. The second-order valence-electron chi connectivity index (χ2n) is 7.90. The highest BCUT2D eigenvalue weighted by Crippen LogP contribution is 2.35. The number of hydrogen-bond donors (Lipinski definition) is 0. The molecule has 0 fully saturated rings. The predicted octanol–water partition coefficient (Wildman–Crippen LogP) is 4.70. The highest BCUT2D eigenvalue weighted by atomic mass is 32.1. The van der Waals surface area contributed by atoms with Crippen LogP contribution in [0.5, 0.6) is 17.2 Å². The van der Waals surface area contributed by atoms with E-state index in [0.717, 1.165) is 16.8 Å². The number of fused-ring (bicyclic) bond motifs is 1. The lowest BCUT2D eigenvalue weighted by atomic mass is 10.1. The highest BCUT2D eigenvalue weighted by molar-refractivity contribution is 7.07. The molecule has 0 saturated heterocycles. The monoisotopic (exact) mass is 500 g/mol. The number of rotatable bonds is 6. The average Bonchev–Trinajstić information content (AvgIpc) is 3.42. The quantitative estimate of drug-likeness (QED) is 0.384. The number of para-hydroxylation sites is 3. The molecule has 8 nitrogen and oxygen atoms in total. The van der Waals surface area contributed by atoms with Crippen molar-refractivity contribution in [3.05, 3.63) is 82.5 Å². The molecule has 36 heavy (non-hydrogen) atoms. The van der Waals surface area contributed by atoms with Gasteiger partial charge in [0.25, 0.3) is 5.91 Å². The lowest BCUT2D eigenvalue weighted by Gasteiger charge is -2.11. The summed E-state index contributed by atoms with van der Waals surface area (Å²) in [5.74, 6) is 1.75. The minimum Gasteiger partial charge on any atom is -0.497 e. The molecule has 182 valence electrons. The van der Waals surface area contributed by atoms with Gasteiger partial charge in [0.2, 0.25) is 4.80 Å². The van der Waals surface area contributed by atoms with E-state index in [9.17, 15) is 4.79 Å². The summed E-state index contributed by atoms with van der Waals surface area (Å²) in [7, 11) is 6.57. The molecule has 4 aromatic rings. The van der Waals surface area contributed by atoms with Crippen LogP contribution in [0.1, 0.15) is 5.56 Å². The smallest absolute Gasteiger partial charge is 0.279 e. The lowest BCUT2D eigenvalue weighted by Crippen LogP contribution is -2.27. The Morgan fingerprint density at radius 2 is 1.58 bits per heavy atom. The lowest BCUT2D eigenvalue weighted by molar-refractivity contribution is -0.112. The van der Waals surface area contributed by atoms with Crippen LogP contribution in [0.25, 0.3) is 11.3 Å². The number of thiazole rings is 1. The van der Waals surface area contributed by atoms with Gasteiger partial charge in [-0.1, -0.05) is 30.3 Å². The van der Waals surface area contributed by atoms with Crippen molar-refractivity contribution in [3.63, 3.8) is 0 Å². The minimum absolute atomic E-state index is 0.193. The predicted molar refractivity (Wildman–Crippen MR) is 141 cm³/mol. The molecule has 0 unspecified atom stereocenters. The van der Waals surface area contributed by atoms with E-state index in [2.05, 4.69) is 0 Å². The fourth-order valence-corrected chi connectivity index (χ4v) is 4.88. The van der Waals surface area contributed by atoms with Gasteiger partial charge in [-0.25, -0.2) is 9.67 Å². The van der Waals surface area contributed by atoms with Crippen LogP contribution in [-0.2, 0) is 4.79 Å². The van der Waals surface area contributed by atoms with E-state index in [0.29, 0.717) is 39.1 Å². The Morgan fingerprint density at radius 3 is 2.36 bits per heavy atom. The van der Waals surface area contributed by atoms with Crippen LogP contribution >= 0.6 is 11.3 Å². The number of carbonyl (C=O) groups excluding carboxylic acids is 1. The number of likely N-dealkylation sites (N-methyl/N-ethyl adjacent to an activating group) is 1. The van der Waals surface area contributed by atoms with Gasteiger partial charge in [-0.2, -0.15) is 5.10 Å². The molecular formula is C27H24N4O4S. The maximum absolute atomic E-state index is 13.2. The Bertz CT molecular complexity index is 1550. The van der Waals surface area contributed by atoms with Gasteiger partial charge in [-0.15, -0.1) is 11.3 Å². The number of aromatic nitrogens is 1. The van der Waals surface area contributed by atoms with E-state index in [-0.39, 0.29) is 5.91 Å². The van der Waals surface area contributed by atoms with Gasteiger partial charge >= 0.3 is 0 Å². The Hall–Kier alpha value is -4.37. The van der Waals surface area contributed by atoms with E-state index in [1.807, 2.05) is 72.1 Å². The number of nitrogens with zero attached hydrogens (tertiary/aromatic N) is 4. The van der Waals surface area contributed by atoms with Crippen molar-refractivity contribution in [3.8, 4) is 28.5 Å². The summed E-state index contributed by atoms with van der Waals surface area (Å²) in [6, 6.07) is 20.6. The summed E-state index contributed by atoms with van der Waals surface area (Å²) in [6.07, 6.45) is 0. The number of carbonyl (C=O) groups is 1. The van der Waals surface area contributed by atoms with Crippen molar-refractivity contribution in [2.24, 2.45) is 10.1 Å². The number of amides is 1. The molecule has 1 aliphatic heterocycles. The summed E-state index contributed by atoms with van der Waals surface area (Å²) >= 11 is 1.40. The number of benzene rings is 3. The first-order chi connectivity index (χ1) is 17.5. The van der Waals surface area contributed by atoms with Crippen LogP contribution in [0.15, 0.2) is 82.2 Å². The number of methoxy groups -OCH3 is 3. The van der Waals surface area contributed by atoms with E-state index in [1.165, 1.54) is 11.3 Å². The second-order valence-corrected chi connectivity index (χ2v) is 8.73. The molecule has 5 rings (SSSR count). The first-order valence-corrected chi connectivity index (χ1v) is 12.0. The van der Waals surface area contributed by atoms with Crippen molar-refractivity contribution < 1.29 is 19.0 Å². The zero-order chi connectivity index (χ0) is 25.2. The van der Waals surface area contributed by atoms with Crippen molar-refractivity contribution in [1.82, 2.24) is 4.68 Å². The van der Waals surface area contributed by atoms with Gasteiger partial charge in [0.05, 0.1) is 32.7 Å². The molecule has 3 aromatic carbocycles. The fraction of sp³-hybridized carbons (Fsp3) is 0.148. The zero-order valence-corrected chi connectivity index (χ0v) is 21.1. The van der Waals surface area contributed by atoms with Gasteiger partial charge < -0.3 is 19.1 Å². The van der Waals surface area contributed by atoms with Gasteiger partial charge in [0.1, 0.15) is 22.9 Å². The van der Waals surface area contributed by atoms with Crippen LogP contribution < -0.4 is 23.9 Å². The van der Waals surface area contributed by atoms with Gasteiger partial charge in [0, 0.05) is 23.6 Å². The van der Waals surface area contributed by atoms with Crippen LogP contribution in [-0.4, -0.2) is 44.7 Å². The Kier molecular flexibility index (Phi) is 6.30. The Labute approximate surface area is 212 Å². The molecule has 9 heteroatoms. The molecule has 1 aromatic heterocycles. The summed E-state index contributed by atoms with van der Waals surface area (Å²) in [4.78, 5) is 20.2. The topological polar surface area (TPSA) is 77.6 Å². The maximum Gasteiger partial charge on any atom is 0.279 e. The molecule has 2 heterocycles. The molecular weight excluding hydrogens is 476 g/mol. The van der Waals surface area contributed by atoms with Crippen molar-refractivity contribution in [2.45, 2.75) is 0 Å². The summed E-state index contributed by atoms with van der Waals surface area (Å²) < 4.78 is 18.3. The summed E-state index contributed by atoms with van der Waals surface area (Å²) in [6.45, 7) is 0. The number of hydrogen-bond acceptors (Lipinski definition) is 7. The first kappa shape index (κ1) is 23.4. The standard InChI is InChI=1S/C27H24N4O4S/c1-30-21-11-7-5-9-18(21)25(26(30)32)29-31-22(19-15-17(33-2)13-14-23(19)34-3)16-36-27(31)28-20-10-6-8-12-24(20)35-4/h5-16H,1-4H3. The third-order valence-corrected chi connectivity index (χ3v) is 6.71. The van der Waals surface area contributed by atoms with Crippen LogP contribution in [0, 0.1) is 0 Å². The Morgan fingerprint density at radius 1 is 0.833 bits per heavy atom. The molecule has 0 aliphatic carbocycles. The molecule has 0 spiro atoms. The van der Waals surface area contributed by atoms with E-state index < -0.39 is 0 Å². The number of ether oxygens (including phenoxy) is 3. The van der Waals surface area contributed by atoms with Crippen molar-refractivity contribution >= 4 is 34.3 Å². The zero-order valence-electron chi connectivity index (χ0n) is 20.3. The third kappa shape index (κ3) is 4.03. The van der Waals surface area contributed by atoms with Crippen LogP contribution in [0.3, 0.4) is 0 Å². The van der Waals surface area contributed by atoms with E-state index in [4.69, 9.17) is 24.3 Å². The van der Waals surface area contributed by atoms with Gasteiger partial charge in [-0.05, 0) is 36.4 Å². The summed E-state index contributed by atoms with van der Waals surface area (Å²) in [5, 5.41) is 6.81. The first-order valence-electron chi connectivity index (χ1n) is 11.1. The largest absolute Gasteiger partial charge is 0.497 e. The highest BCUT2D eigenvalue weighted by Gasteiger charge is 2.32. The molecule has 1 aliphatic rings. The number of anilines is 1. The van der Waals surface area contributed by atoms with E-state index >= 15 is 0 Å². The van der Waals surface area contributed by atoms with Gasteiger partial charge in [-0.3, -0.25) is 4.79 Å². The van der Waals surface area contributed by atoms with Crippen molar-refractivity contribution in [1.29, 1.82) is 0 Å². The SMILES string of the molecule is COc1ccc(OC)c(-c2csc(=Nc3ccccc3OC)n2N=C2C(=O)N(C)c3ccccc32)c1. The van der Waals surface area contributed by atoms with Crippen LogP contribution in [0.2, 0.25) is 0 Å². The molecule has 0 radical (unpaired) electrons. The van der Waals surface area contributed by atoms with Crippen molar-refractivity contribution in [2.75, 3.05) is 33.3 Å². The molecule has 0 bridgehead atoms. The van der Waals surface area contributed by atoms with Gasteiger partial charge in [0.15, 0.2) is 5.71 Å². The normalized spacial score (nSPS) is 14.3. The van der Waals surface area contributed by atoms with E-state index in [1.54, 1.807) is 38.0 Å². The average molecular weight is 501 g/mol. The van der Waals surface area contributed by atoms with Crippen LogP contribution in [0.4, 0.5) is 11.4 Å². The second kappa shape index (κ2) is 9.71. The molecule has 1 amide bonds. The molecule has 0 N–H and O–H groups in total. The maximum atomic E-state index is 13.2. The Balaban J connectivity index is 1.80. The molecule has 0 saturated carbocycles. The molecule has 0 atom stereocenters. The summed E-state index contributed by atoms with van der Waals surface area (Å²) in [5.41, 5.74) is 4.00. The fourth-order valence-electron chi connectivity index (χ4n) is 4.05. The minimum atomic E-state index is -0.193.